The summed E-state index contributed by atoms with van der Waals surface area (Å²) < 4.78 is 0. The van der Waals surface area contributed by atoms with Crippen LogP contribution in [0.2, 0.25) is 0 Å². The van der Waals surface area contributed by atoms with E-state index in [0.29, 0.717) is 0 Å². The Balaban J connectivity index is 2.51. The smallest absolute Gasteiger partial charge is 0.0328 e. The van der Waals surface area contributed by atoms with Crippen molar-refractivity contribution in [1.29, 1.82) is 0 Å². The summed E-state index contributed by atoms with van der Waals surface area (Å²) in [4.78, 5) is 0. The van der Waals surface area contributed by atoms with Crippen molar-refractivity contribution >= 4 is 0 Å². The van der Waals surface area contributed by atoms with E-state index in [0.717, 1.165) is 13.0 Å². The molecule has 1 aliphatic rings. The minimum Gasteiger partial charge on any atom is -0.387 e. The van der Waals surface area contributed by atoms with Crippen LogP contribution in [0.5, 0.6) is 0 Å². The first-order valence-electron chi connectivity index (χ1n) is 3.02. The third-order valence-corrected chi connectivity index (χ3v) is 1.26. The summed E-state index contributed by atoms with van der Waals surface area (Å²) >= 11 is 0. The second-order valence-corrected chi connectivity index (χ2v) is 1.88. The molecule has 0 fully saturated rings. The standard InChI is InChI=1S/C7H11N/c1-2-7-4-3-5-8-6-7/h3-4,6,8H,2,5H2,1H3. The van der Waals surface area contributed by atoms with E-state index in [-0.39, 0.29) is 0 Å². The SMILES string of the molecule is CCC1=CNCC=C1. The van der Waals surface area contributed by atoms with Gasteiger partial charge >= 0.3 is 0 Å². The first-order valence-corrected chi connectivity index (χ1v) is 3.02. The molecule has 0 aromatic rings. The Morgan fingerprint density at radius 2 is 2.62 bits per heavy atom. The minimum absolute atomic E-state index is 0.990. The van der Waals surface area contributed by atoms with Crippen LogP contribution in [0.25, 0.3) is 0 Å². The second-order valence-electron chi connectivity index (χ2n) is 1.88. The fourth-order valence-corrected chi connectivity index (χ4v) is 0.736. The van der Waals surface area contributed by atoms with E-state index in [2.05, 4.69) is 30.6 Å². The van der Waals surface area contributed by atoms with Gasteiger partial charge in [-0.25, -0.2) is 0 Å². The fraction of sp³-hybridized carbons (Fsp3) is 0.429. The van der Waals surface area contributed by atoms with Gasteiger partial charge in [-0.05, 0) is 18.2 Å². The second kappa shape index (κ2) is 2.55. The number of rotatable bonds is 1. The molecule has 0 aliphatic carbocycles. The first kappa shape index (κ1) is 5.42. The van der Waals surface area contributed by atoms with Gasteiger partial charge in [0.2, 0.25) is 0 Å². The molecule has 0 saturated heterocycles. The van der Waals surface area contributed by atoms with Crippen LogP contribution in [-0.2, 0) is 0 Å². The molecule has 1 N–H and O–H groups in total. The van der Waals surface area contributed by atoms with Gasteiger partial charge in [-0.2, -0.15) is 0 Å². The Morgan fingerprint density at radius 1 is 1.75 bits per heavy atom. The largest absolute Gasteiger partial charge is 0.387 e. The molecule has 1 rings (SSSR count). The lowest BCUT2D eigenvalue weighted by molar-refractivity contribution is 0.932. The van der Waals surface area contributed by atoms with Gasteiger partial charge in [0.25, 0.3) is 0 Å². The van der Waals surface area contributed by atoms with E-state index >= 15 is 0 Å². The molecular weight excluding hydrogens is 98.1 g/mol. The van der Waals surface area contributed by atoms with Crippen LogP contribution in [0.1, 0.15) is 13.3 Å². The average molecular weight is 109 g/mol. The molecule has 0 saturated carbocycles. The monoisotopic (exact) mass is 109 g/mol. The Bertz CT molecular complexity index is 122. The van der Waals surface area contributed by atoms with Crippen molar-refractivity contribution in [3.05, 3.63) is 23.9 Å². The van der Waals surface area contributed by atoms with Gasteiger partial charge in [-0.15, -0.1) is 0 Å². The maximum Gasteiger partial charge on any atom is 0.0328 e. The summed E-state index contributed by atoms with van der Waals surface area (Å²) in [6.45, 7) is 3.15. The summed E-state index contributed by atoms with van der Waals surface area (Å²) in [7, 11) is 0. The average Bonchev–Trinajstić information content (AvgIpc) is 1.90. The molecule has 1 heteroatoms. The Morgan fingerprint density at radius 3 is 3.00 bits per heavy atom. The Labute approximate surface area is 50.1 Å². The van der Waals surface area contributed by atoms with Crippen molar-refractivity contribution in [2.75, 3.05) is 6.54 Å². The van der Waals surface area contributed by atoms with Crippen LogP contribution >= 0.6 is 0 Å². The molecule has 0 amide bonds. The van der Waals surface area contributed by atoms with Gasteiger partial charge in [0.05, 0.1) is 0 Å². The maximum atomic E-state index is 3.14. The van der Waals surface area contributed by atoms with Crippen LogP contribution in [0.4, 0.5) is 0 Å². The van der Waals surface area contributed by atoms with Crippen LogP contribution in [0.15, 0.2) is 23.9 Å². The van der Waals surface area contributed by atoms with E-state index in [4.69, 9.17) is 0 Å². The summed E-state index contributed by atoms with van der Waals surface area (Å²) in [5, 5.41) is 3.14. The lowest BCUT2D eigenvalue weighted by atomic mass is 10.2. The van der Waals surface area contributed by atoms with E-state index in [1.807, 2.05) is 0 Å². The number of hydrogen-bond donors (Lipinski definition) is 1. The molecule has 1 nitrogen and oxygen atoms in total. The minimum atomic E-state index is 0.990. The third-order valence-electron chi connectivity index (χ3n) is 1.26. The summed E-state index contributed by atoms with van der Waals surface area (Å²) in [5.74, 6) is 0. The molecule has 0 atom stereocenters. The predicted octanol–water partition coefficient (Wildman–Crippen LogP) is 1.44. The van der Waals surface area contributed by atoms with Crippen molar-refractivity contribution < 1.29 is 0 Å². The van der Waals surface area contributed by atoms with Gasteiger partial charge in [0.1, 0.15) is 0 Å². The maximum absolute atomic E-state index is 3.14. The highest BCUT2D eigenvalue weighted by Gasteiger charge is 1.89. The highest BCUT2D eigenvalue weighted by molar-refractivity contribution is 5.20. The molecule has 0 spiro atoms. The molecule has 44 valence electrons. The normalized spacial score (nSPS) is 17.4. The summed E-state index contributed by atoms with van der Waals surface area (Å²) in [6.07, 6.45) is 7.50. The van der Waals surface area contributed by atoms with Gasteiger partial charge in [0, 0.05) is 6.54 Å². The number of hydrogen-bond acceptors (Lipinski definition) is 1. The van der Waals surface area contributed by atoms with Gasteiger partial charge in [-0.3, -0.25) is 0 Å². The highest BCUT2D eigenvalue weighted by Crippen LogP contribution is 2.02. The predicted molar refractivity (Wildman–Crippen MR) is 35.5 cm³/mol. The quantitative estimate of drug-likeness (QED) is 0.537. The zero-order valence-corrected chi connectivity index (χ0v) is 5.15. The molecule has 1 heterocycles. The highest BCUT2D eigenvalue weighted by atomic mass is 14.8. The fourth-order valence-electron chi connectivity index (χ4n) is 0.736. The molecule has 0 aromatic heterocycles. The molecule has 0 bridgehead atoms. The molecule has 0 unspecified atom stereocenters. The molecule has 8 heavy (non-hydrogen) atoms. The van der Waals surface area contributed by atoms with E-state index in [1.54, 1.807) is 0 Å². The third kappa shape index (κ3) is 1.12. The first-order chi connectivity index (χ1) is 3.93. The molecule has 1 aliphatic heterocycles. The lowest BCUT2D eigenvalue weighted by Crippen LogP contribution is -2.08. The lowest BCUT2D eigenvalue weighted by Gasteiger charge is -2.04. The van der Waals surface area contributed by atoms with Crippen LogP contribution in [-0.4, -0.2) is 6.54 Å². The van der Waals surface area contributed by atoms with Crippen LogP contribution < -0.4 is 5.32 Å². The number of dihydropyridines is 1. The number of allylic oxidation sites excluding steroid dienone is 2. The summed E-state index contributed by atoms with van der Waals surface area (Å²) in [5.41, 5.74) is 1.39. The van der Waals surface area contributed by atoms with E-state index < -0.39 is 0 Å². The van der Waals surface area contributed by atoms with E-state index in [9.17, 15) is 0 Å². The van der Waals surface area contributed by atoms with Gasteiger partial charge < -0.3 is 5.32 Å². The van der Waals surface area contributed by atoms with Crippen molar-refractivity contribution in [3.63, 3.8) is 0 Å². The van der Waals surface area contributed by atoms with Gasteiger partial charge in [0.15, 0.2) is 0 Å². The van der Waals surface area contributed by atoms with Gasteiger partial charge in [-0.1, -0.05) is 19.1 Å². The van der Waals surface area contributed by atoms with Crippen LogP contribution in [0.3, 0.4) is 0 Å². The zero-order chi connectivity index (χ0) is 5.82. The van der Waals surface area contributed by atoms with E-state index in [1.165, 1.54) is 5.57 Å². The summed E-state index contributed by atoms with van der Waals surface area (Å²) in [6, 6.07) is 0. The Hall–Kier alpha value is -0.720. The van der Waals surface area contributed by atoms with Crippen LogP contribution in [0, 0.1) is 0 Å². The van der Waals surface area contributed by atoms with Crippen molar-refractivity contribution in [2.24, 2.45) is 0 Å². The van der Waals surface area contributed by atoms with Crippen molar-refractivity contribution in [2.45, 2.75) is 13.3 Å². The number of nitrogens with one attached hydrogen (secondary N) is 1. The zero-order valence-electron chi connectivity index (χ0n) is 5.15. The Kier molecular flexibility index (Phi) is 1.73. The molecule has 0 radical (unpaired) electrons. The molecular formula is C7H11N. The van der Waals surface area contributed by atoms with Crippen molar-refractivity contribution in [3.8, 4) is 0 Å². The van der Waals surface area contributed by atoms with Crippen molar-refractivity contribution in [1.82, 2.24) is 5.32 Å². The molecule has 0 aromatic carbocycles. The topological polar surface area (TPSA) is 12.0 Å².